The van der Waals surface area contributed by atoms with Crippen LogP contribution in [0.15, 0.2) is 48.5 Å². The van der Waals surface area contributed by atoms with Gasteiger partial charge in [-0.1, -0.05) is 36.4 Å². The maximum absolute atomic E-state index is 10.9. The van der Waals surface area contributed by atoms with Gasteiger partial charge >= 0.3 is 0 Å². The van der Waals surface area contributed by atoms with Gasteiger partial charge in [0.05, 0.1) is 18.8 Å². The Labute approximate surface area is 160 Å². The average Bonchev–Trinajstić information content (AvgIpc) is 2.92. The van der Waals surface area contributed by atoms with E-state index in [0.29, 0.717) is 6.61 Å². The van der Waals surface area contributed by atoms with Gasteiger partial charge in [0.25, 0.3) is 0 Å². The standard InChI is InChI=1S/C22H28N2O3/c23-20-18-3-1-2-4-19(18)22(21(20)26)9-11-24(12-10-22)15-16-5-7-17(8-6-16)27-14-13-25/h1-8,20-21,25-26H,9-15,23H2/t20-,21+/m1/s1. The van der Waals surface area contributed by atoms with Crippen molar-refractivity contribution in [2.24, 2.45) is 5.73 Å². The van der Waals surface area contributed by atoms with Crippen LogP contribution in [0.5, 0.6) is 5.75 Å². The minimum absolute atomic E-state index is 0.0237. The van der Waals surface area contributed by atoms with Gasteiger partial charge in [0.15, 0.2) is 0 Å². The van der Waals surface area contributed by atoms with Crippen LogP contribution in [0.2, 0.25) is 0 Å². The topological polar surface area (TPSA) is 79.0 Å². The molecule has 0 bridgehead atoms. The van der Waals surface area contributed by atoms with Gasteiger partial charge in [0, 0.05) is 12.0 Å². The maximum Gasteiger partial charge on any atom is 0.119 e. The lowest BCUT2D eigenvalue weighted by atomic mass is 9.72. The van der Waals surface area contributed by atoms with Crippen LogP contribution in [0.4, 0.5) is 0 Å². The Morgan fingerprint density at radius 1 is 1.07 bits per heavy atom. The van der Waals surface area contributed by atoms with E-state index in [1.807, 2.05) is 18.2 Å². The van der Waals surface area contributed by atoms with Crippen molar-refractivity contribution in [1.82, 2.24) is 4.90 Å². The fraction of sp³-hybridized carbons (Fsp3) is 0.455. The van der Waals surface area contributed by atoms with Crippen LogP contribution >= 0.6 is 0 Å². The molecule has 1 fully saturated rings. The van der Waals surface area contributed by atoms with Gasteiger partial charge in [0.1, 0.15) is 12.4 Å². The van der Waals surface area contributed by atoms with E-state index in [1.54, 1.807) is 0 Å². The predicted octanol–water partition coefficient (Wildman–Crippen LogP) is 1.97. The normalized spacial score (nSPS) is 24.1. The van der Waals surface area contributed by atoms with E-state index < -0.39 is 6.10 Å². The van der Waals surface area contributed by atoms with Gasteiger partial charge < -0.3 is 20.7 Å². The number of piperidine rings is 1. The molecule has 5 nitrogen and oxygen atoms in total. The van der Waals surface area contributed by atoms with E-state index in [4.69, 9.17) is 15.6 Å². The SMILES string of the molecule is N[C@@H]1c2ccccc2C2(CCN(Cc3ccc(OCCO)cc3)CC2)[C@H]1O. The molecular formula is C22H28N2O3. The molecule has 1 aliphatic carbocycles. The molecule has 0 radical (unpaired) electrons. The Hall–Kier alpha value is -1.92. The number of nitrogens with zero attached hydrogens (tertiary/aromatic N) is 1. The molecule has 2 aromatic rings. The van der Waals surface area contributed by atoms with Gasteiger partial charge in [-0.3, -0.25) is 4.90 Å². The first-order valence-corrected chi connectivity index (χ1v) is 9.72. The van der Waals surface area contributed by atoms with Crippen molar-refractivity contribution in [2.45, 2.75) is 36.9 Å². The number of rotatable bonds is 5. The number of nitrogens with two attached hydrogens (primary N) is 1. The molecule has 4 N–H and O–H groups in total. The fourth-order valence-corrected chi connectivity index (χ4v) is 4.70. The number of likely N-dealkylation sites (tertiary alicyclic amines) is 1. The first-order chi connectivity index (χ1) is 13.1. The highest BCUT2D eigenvalue weighted by Gasteiger charge is 2.51. The molecule has 2 atom stereocenters. The van der Waals surface area contributed by atoms with Gasteiger partial charge in [-0.05, 0) is 54.8 Å². The highest BCUT2D eigenvalue weighted by atomic mass is 16.5. The molecule has 4 rings (SSSR count). The van der Waals surface area contributed by atoms with Crippen molar-refractivity contribution in [1.29, 1.82) is 0 Å². The van der Waals surface area contributed by atoms with E-state index in [0.717, 1.165) is 43.8 Å². The Morgan fingerprint density at radius 3 is 2.48 bits per heavy atom. The lowest BCUT2D eigenvalue weighted by Gasteiger charge is -2.42. The van der Waals surface area contributed by atoms with Crippen LogP contribution in [0.25, 0.3) is 0 Å². The highest BCUT2D eigenvalue weighted by molar-refractivity contribution is 5.45. The summed E-state index contributed by atoms with van der Waals surface area (Å²) >= 11 is 0. The maximum atomic E-state index is 10.9. The molecule has 5 heteroatoms. The van der Waals surface area contributed by atoms with Crippen LogP contribution in [0.1, 0.15) is 35.6 Å². The second-order valence-corrected chi connectivity index (χ2v) is 7.71. The second-order valence-electron chi connectivity index (χ2n) is 7.71. The summed E-state index contributed by atoms with van der Waals surface area (Å²) in [5, 5.41) is 19.7. The van der Waals surface area contributed by atoms with Crippen LogP contribution in [-0.2, 0) is 12.0 Å². The third kappa shape index (κ3) is 3.36. The molecule has 1 heterocycles. The van der Waals surface area contributed by atoms with Crippen molar-refractivity contribution in [3.63, 3.8) is 0 Å². The number of hydrogen-bond donors (Lipinski definition) is 3. The van der Waals surface area contributed by atoms with Crippen molar-refractivity contribution in [2.75, 3.05) is 26.3 Å². The fourth-order valence-electron chi connectivity index (χ4n) is 4.70. The van der Waals surface area contributed by atoms with Crippen molar-refractivity contribution in [3.8, 4) is 5.75 Å². The molecule has 0 unspecified atom stereocenters. The zero-order valence-electron chi connectivity index (χ0n) is 15.6. The summed E-state index contributed by atoms with van der Waals surface area (Å²) in [6, 6.07) is 16.0. The summed E-state index contributed by atoms with van der Waals surface area (Å²) < 4.78 is 5.42. The monoisotopic (exact) mass is 368 g/mol. The van der Waals surface area contributed by atoms with E-state index in [1.165, 1.54) is 11.1 Å². The summed E-state index contributed by atoms with van der Waals surface area (Å²) in [5.74, 6) is 0.782. The average molecular weight is 368 g/mol. The Bertz CT molecular complexity index is 769. The number of fused-ring (bicyclic) bond motifs is 2. The molecule has 1 spiro atoms. The molecular weight excluding hydrogens is 340 g/mol. The molecule has 144 valence electrons. The van der Waals surface area contributed by atoms with E-state index in [-0.39, 0.29) is 18.1 Å². The van der Waals surface area contributed by atoms with Gasteiger partial charge in [-0.15, -0.1) is 0 Å². The zero-order valence-corrected chi connectivity index (χ0v) is 15.6. The molecule has 2 aromatic carbocycles. The number of benzene rings is 2. The minimum Gasteiger partial charge on any atom is -0.491 e. The molecule has 1 aliphatic heterocycles. The lowest BCUT2D eigenvalue weighted by molar-refractivity contribution is 0.0271. The predicted molar refractivity (Wildman–Crippen MR) is 105 cm³/mol. The molecule has 2 aliphatic rings. The summed E-state index contributed by atoms with van der Waals surface area (Å²) in [6.07, 6.45) is 1.35. The molecule has 0 saturated carbocycles. The van der Waals surface area contributed by atoms with Gasteiger partial charge in [-0.25, -0.2) is 0 Å². The Kier molecular flexibility index (Phi) is 5.19. The van der Waals surface area contributed by atoms with Crippen LogP contribution in [-0.4, -0.2) is 47.5 Å². The Balaban J connectivity index is 1.41. The van der Waals surface area contributed by atoms with Crippen molar-refractivity contribution >= 4 is 0 Å². The largest absolute Gasteiger partial charge is 0.491 e. The molecule has 1 saturated heterocycles. The van der Waals surface area contributed by atoms with Crippen molar-refractivity contribution in [3.05, 3.63) is 65.2 Å². The summed E-state index contributed by atoms with van der Waals surface area (Å²) in [6.45, 7) is 3.12. The van der Waals surface area contributed by atoms with Crippen LogP contribution in [0.3, 0.4) is 0 Å². The molecule has 0 aromatic heterocycles. The van der Waals surface area contributed by atoms with E-state index in [2.05, 4.69) is 35.2 Å². The van der Waals surface area contributed by atoms with Crippen molar-refractivity contribution < 1.29 is 14.9 Å². The van der Waals surface area contributed by atoms with Crippen LogP contribution < -0.4 is 10.5 Å². The number of aliphatic hydroxyl groups is 2. The molecule has 27 heavy (non-hydrogen) atoms. The third-order valence-corrected chi connectivity index (χ3v) is 6.20. The third-order valence-electron chi connectivity index (χ3n) is 6.20. The number of aliphatic hydroxyl groups excluding tert-OH is 2. The lowest BCUT2D eigenvalue weighted by Crippen LogP contribution is -2.48. The highest BCUT2D eigenvalue weighted by Crippen LogP contribution is 2.50. The second kappa shape index (κ2) is 7.60. The number of hydrogen-bond acceptors (Lipinski definition) is 5. The van der Waals surface area contributed by atoms with Gasteiger partial charge in [0.2, 0.25) is 0 Å². The zero-order chi connectivity index (χ0) is 18.9. The van der Waals surface area contributed by atoms with Gasteiger partial charge in [-0.2, -0.15) is 0 Å². The molecule has 0 amide bonds. The van der Waals surface area contributed by atoms with E-state index >= 15 is 0 Å². The smallest absolute Gasteiger partial charge is 0.119 e. The quantitative estimate of drug-likeness (QED) is 0.752. The first kappa shape index (κ1) is 18.4. The summed E-state index contributed by atoms with van der Waals surface area (Å²) in [5.41, 5.74) is 9.71. The van der Waals surface area contributed by atoms with Crippen LogP contribution in [0, 0.1) is 0 Å². The minimum atomic E-state index is -0.500. The summed E-state index contributed by atoms with van der Waals surface area (Å²) in [4.78, 5) is 2.44. The Morgan fingerprint density at radius 2 is 1.78 bits per heavy atom. The first-order valence-electron chi connectivity index (χ1n) is 9.72. The summed E-state index contributed by atoms with van der Waals surface area (Å²) in [7, 11) is 0. The van der Waals surface area contributed by atoms with E-state index in [9.17, 15) is 5.11 Å². The number of ether oxygens (including phenoxy) is 1.